The lowest BCUT2D eigenvalue weighted by Gasteiger charge is -2.20. The summed E-state index contributed by atoms with van der Waals surface area (Å²) in [7, 11) is 0. The Balaban J connectivity index is 1.91. The van der Waals surface area contributed by atoms with Crippen molar-refractivity contribution in [2.75, 3.05) is 0 Å². The van der Waals surface area contributed by atoms with Crippen molar-refractivity contribution in [3.05, 3.63) is 29.6 Å². The van der Waals surface area contributed by atoms with Gasteiger partial charge in [0.1, 0.15) is 11.8 Å². The normalized spacial score (nSPS) is 17.9. The summed E-state index contributed by atoms with van der Waals surface area (Å²) in [5.41, 5.74) is 1.54. The summed E-state index contributed by atoms with van der Waals surface area (Å²) in [4.78, 5) is 4.07. The Kier molecular flexibility index (Phi) is 4.11. The van der Waals surface area contributed by atoms with Crippen LogP contribution in [0.15, 0.2) is 18.3 Å². The first-order valence-electron chi connectivity index (χ1n) is 6.38. The van der Waals surface area contributed by atoms with Crippen LogP contribution >= 0.6 is 0 Å². The smallest absolute Gasteiger partial charge is 0.144 e. The van der Waals surface area contributed by atoms with E-state index >= 15 is 0 Å². The van der Waals surface area contributed by atoms with Gasteiger partial charge in [-0.05, 0) is 31.7 Å². The van der Waals surface area contributed by atoms with Crippen molar-refractivity contribution in [2.45, 2.75) is 45.2 Å². The number of rotatable bonds is 4. The average molecular weight is 229 g/mol. The number of aromatic nitrogens is 1. The Bertz CT molecular complexity index is 402. The molecule has 0 saturated heterocycles. The van der Waals surface area contributed by atoms with E-state index < -0.39 is 0 Å². The predicted molar refractivity (Wildman–Crippen MR) is 67.2 cm³/mol. The minimum absolute atomic E-state index is 0.532. The highest BCUT2D eigenvalue weighted by Gasteiger charge is 2.21. The number of hydrogen-bond donors (Lipinski definition) is 1. The topological polar surface area (TPSA) is 48.7 Å². The number of hydrogen-bond acceptors (Lipinski definition) is 3. The van der Waals surface area contributed by atoms with Gasteiger partial charge in [0.15, 0.2) is 0 Å². The van der Waals surface area contributed by atoms with E-state index in [-0.39, 0.29) is 0 Å². The van der Waals surface area contributed by atoms with E-state index in [1.165, 1.54) is 25.7 Å². The first-order chi connectivity index (χ1) is 8.31. The Labute approximate surface area is 103 Å². The third-order valence-electron chi connectivity index (χ3n) is 3.72. The van der Waals surface area contributed by atoms with Crippen LogP contribution in [0.3, 0.4) is 0 Å². The molecule has 17 heavy (non-hydrogen) atoms. The molecule has 1 atom stereocenters. The molecule has 0 aromatic carbocycles. The molecule has 0 radical (unpaired) electrons. The fourth-order valence-corrected chi connectivity index (χ4v) is 2.58. The summed E-state index contributed by atoms with van der Waals surface area (Å²) >= 11 is 0. The molecule has 1 aromatic heterocycles. The van der Waals surface area contributed by atoms with Gasteiger partial charge in [0.2, 0.25) is 0 Å². The standard InChI is InChI=1S/C14H19N3/c1-11(12-5-2-3-6-12)17-10-13-7-4-8-16-14(13)9-15/h4,7-8,11-12,17H,2-3,5-6,10H2,1H3/t11-/m0/s1. The highest BCUT2D eigenvalue weighted by molar-refractivity contribution is 5.30. The van der Waals surface area contributed by atoms with E-state index in [0.717, 1.165) is 18.0 Å². The van der Waals surface area contributed by atoms with Crippen molar-refractivity contribution in [1.82, 2.24) is 10.3 Å². The monoisotopic (exact) mass is 229 g/mol. The lowest BCUT2D eigenvalue weighted by atomic mass is 9.99. The molecular weight excluding hydrogens is 210 g/mol. The molecule has 1 aliphatic rings. The molecule has 2 rings (SSSR count). The Morgan fingerprint density at radius 3 is 3.00 bits per heavy atom. The number of nitriles is 1. The lowest BCUT2D eigenvalue weighted by Crippen LogP contribution is -2.32. The van der Waals surface area contributed by atoms with Gasteiger partial charge >= 0.3 is 0 Å². The summed E-state index contributed by atoms with van der Waals surface area (Å²) in [5, 5.41) is 12.5. The first kappa shape index (κ1) is 12.1. The van der Waals surface area contributed by atoms with Crippen LogP contribution in [0.5, 0.6) is 0 Å². The van der Waals surface area contributed by atoms with E-state index in [1.807, 2.05) is 12.1 Å². The molecule has 1 saturated carbocycles. The molecule has 90 valence electrons. The van der Waals surface area contributed by atoms with E-state index in [4.69, 9.17) is 5.26 Å². The van der Waals surface area contributed by atoms with Gasteiger partial charge in [-0.25, -0.2) is 4.98 Å². The zero-order valence-corrected chi connectivity index (χ0v) is 10.3. The molecule has 1 aromatic rings. The van der Waals surface area contributed by atoms with Crippen LogP contribution in [0.1, 0.15) is 43.9 Å². The zero-order valence-electron chi connectivity index (χ0n) is 10.3. The van der Waals surface area contributed by atoms with Crippen molar-refractivity contribution < 1.29 is 0 Å². The second-order valence-corrected chi connectivity index (χ2v) is 4.84. The summed E-state index contributed by atoms with van der Waals surface area (Å²) in [6, 6.07) is 6.53. The maximum Gasteiger partial charge on any atom is 0.144 e. The predicted octanol–water partition coefficient (Wildman–Crippen LogP) is 2.62. The minimum atomic E-state index is 0.532. The van der Waals surface area contributed by atoms with Crippen LogP contribution < -0.4 is 5.32 Å². The third-order valence-corrected chi connectivity index (χ3v) is 3.72. The van der Waals surface area contributed by atoms with Gasteiger partial charge in [0.25, 0.3) is 0 Å². The maximum absolute atomic E-state index is 8.95. The quantitative estimate of drug-likeness (QED) is 0.863. The van der Waals surface area contributed by atoms with E-state index in [0.29, 0.717) is 11.7 Å². The molecule has 0 amide bonds. The van der Waals surface area contributed by atoms with Crippen molar-refractivity contribution in [2.24, 2.45) is 5.92 Å². The third kappa shape index (κ3) is 3.04. The molecule has 0 unspecified atom stereocenters. The van der Waals surface area contributed by atoms with E-state index in [1.54, 1.807) is 6.20 Å². The van der Waals surface area contributed by atoms with E-state index in [2.05, 4.69) is 23.3 Å². The Morgan fingerprint density at radius 1 is 1.53 bits per heavy atom. The second kappa shape index (κ2) is 5.79. The van der Waals surface area contributed by atoms with Crippen molar-refractivity contribution in [1.29, 1.82) is 5.26 Å². The summed E-state index contributed by atoms with van der Waals surface area (Å²) in [6.07, 6.45) is 7.08. The van der Waals surface area contributed by atoms with Crippen molar-refractivity contribution >= 4 is 0 Å². The number of nitrogens with zero attached hydrogens (tertiary/aromatic N) is 2. The average Bonchev–Trinajstić information content (AvgIpc) is 2.90. The molecule has 0 bridgehead atoms. The van der Waals surface area contributed by atoms with Gasteiger partial charge in [-0.3, -0.25) is 0 Å². The molecule has 0 spiro atoms. The van der Waals surface area contributed by atoms with Gasteiger partial charge in [-0.1, -0.05) is 18.9 Å². The number of nitrogens with one attached hydrogen (secondary N) is 1. The summed E-state index contributed by atoms with van der Waals surface area (Å²) in [5.74, 6) is 0.803. The fraction of sp³-hybridized carbons (Fsp3) is 0.571. The minimum Gasteiger partial charge on any atom is -0.310 e. The van der Waals surface area contributed by atoms with Gasteiger partial charge in [-0.2, -0.15) is 5.26 Å². The van der Waals surface area contributed by atoms with E-state index in [9.17, 15) is 0 Å². The van der Waals surface area contributed by atoms with Crippen LogP contribution in [0.25, 0.3) is 0 Å². The summed E-state index contributed by atoms with van der Waals surface area (Å²) < 4.78 is 0. The molecule has 1 heterocycles. The maximum atomic E-state index is 8.95. The SMILES string of the molecule is C[C@H](NCc1cccnc1C#N)C1CCCC1. The van der Waals surface area contributed by atoms with Gasteiger partial charge in [0, 0.05) is 24.3 Å². The Morgan fingerprint density at radius 2 is 2.29 bits per heavy atom. The first-order valence-corrected chi connectivity index (χ1v) is 6.38. The molecule has 3 heteroatoms. The molecule has 1 fully saturated rings. The van der Waals surface area contributed by atoms with Gasteiger partial charge in [0.05, 0.1) is 0 Å². The van der Waals surface area contributed by atoms with Gasteiger partial charge < -0.3 is 5.32 Å². The molecular formula is C14H19N3. The molecule has 1 N–H and O–H groups in total. The second-order valence-electron chi connectivity index (χ2n) is 4.84. The van der Waals surface area contributed by atoms with Crippen LogP contribution in [-0.2, 0) is 6.54 Å². The Hall–Kier alpha value is -1.40. The molecule has 3 nitrogen and oxygen atoms in total. The zero-order chi connectivity index (χ0) is 12.1. The highest BCUT2D eigenvalue weighted by Crippen LogP contribution is 2.27. The number of pyridine rings is 1. The van der Waals surface area contributed by atoms with Crippen LogP contribution in [0, 0.1) is 17.2 Å². The largest absolute Gasteiger partial charge is 0.310 e. The van der Waals surface area contributed by atoms with Crippen LogP contribution in [-0.4, -0.2) is 11.0 Å². The summed E-state index contributed by atoms with van der Waals surface area (Å²) in [6.45, 7) is 2.99. The lowest BCUT2D eigenvalue weighted by molar-refractivity contribution is 0.380. The molecule has 0 aliphatic heterocycles. The van der Waals surface area contributed by atoms with Crippen LogP contribution in [0.2, 0.25) is 0 Å². The van der Waals surface area contributed by atoms with Crippen LogP contribution in [0.4, 0.5) is 0 Å². The highest BCUT2D eigenvalue weighted by atomic mass is 14.9. The molecule has 1 aliphatic carbocycles. The van der Waals surface area contributed by atoms with Gasteiger partial charge in [-0.15, -0.1) is 0 Å². The van der Waals surface area contributed by atoms with Crippen molar-refractivity contribution in [3.63, 3.8) is 0 Å². The fourth-order valence-electron chi connectivity index (χ4n) is 2.58. The van der Waals surface area contributed by atoms with Crippen molar-refractivity contribution in [3.8, 4) is 6.07 Å².